The molecule has 0 aliphatic heterocycles. The van der Waals surface area contributed by atoms with E-state index in [1.165, 1.54) is 4.90 Å². The van der Waals surface area contributed by atoms with Gasteiger partial charge in [-0.05, 0) is 17.7 Å². The van der Waals surface area contributed by atoms with Crippen molar-refractivity contribution < 1.29 is 9.59 Å². The van der Waals surface area contributed by atoms with Crippen LogP contribution < -0.4 is 11.5 Å². The van der Waals surface area contributed by atoms with E-state index in [4.69, 9.17) is 11.5 Å². The van der Waals surface area contributed by atoms with E-state index in [2.05, 4.69) is 15.9 Å². The summed E-state index contributed by atoms with van der Waals surface area (Å²) in [7, 11) is 0. The number of carbonyl (C=O) groups excluding carboxylic acids is 2. The maximum absolute atomic E-state index is 11.8. The van der Waals surface area contributed by atoms with E-state index in [9.17, 15) is 9.59 Å². The van der Waals surface area contributed by atoms with E-state index in [0.29, 0.717) is 6.54 Å². The zero-order valence-electron chi connectivity index (χ0n) is 9.93. The summed E-state index contributed by atoms with van der Waals surface area (Å²) in [4.78, 5) is 24.1. The quantitative estimate of drug-likeness (QED) is 0.806. The van der Waals surface area contributed by atoms with Crippen LogP contribution in [0.1, 0.15) is 12.0 Å². The van der Waals surface area contributed by atoms with Gasteiger partial charge in [0, 0.05) is 24.0 Å². The highest BCUT2D eigenvalue weighted by Gasteiger charge is 2.15. The molecule has 1 aromatic carbocycles. The first-order valence-electron chi connectivity index (χ1n) is 5.53. The molecule has 0 aliphatic rings. The number of amides is 2. The average molecular weight is 314 g/mol. The third-order valence-corrected chi connectivity index (χ3v) is 2.87. The molecule has 0 atom stereocenters. The molecule has 0 aliphatic carbocycles. The maximum Gasteiger partial charge on any atom is 0.237 e. The number of halogens is 1. The molecule has 98 valence electrons. The topological polar surface area (TPSA) is 89.4 Å². The van der Waals surface area contributed by atoms with Crippen LogP contribution in [0.2, 0.25) is 0 Å². The van der Waals surface area contributed by atoms with Gasteiger partial charge in [0.1, 0.15) is 0 Å². The standard InChI is InChI=1S/C12H16BrN3O2/c13-10-3-1-9(2-4-10)7-16(8-11(15)17)12(18)5-6-14/h1-4H,5-8,14H2,(H2,15,17). The third kappa shape index (κ3) is 4.85. The van der Waals surface area contributed by atoms with Crippen molar-refractivity contribution in [2.24, 2.45) is 11.5 Å². The van der Waals surface area contributed by atoms with Crippen LogP contribution in [-0.4, -0.2) is 29.8 Å². The first-order chi connectivity index (χ1) is 8.52. The van der Waals surface area contributed by atoms with Crippen molar-refractivity contribution in [1.29, 1.82) is 0 Å². The first kappa shape index (κ1) is 14.7. The van der Waals surface area contributed by atoms with Gasteiger partial charge in [0.25, 0.3) is 0 Å². The van der Waals surface area contributed by atoms with Crippen molar-refractivity contribution in [3.8, 4) is 0 Å². The number of hydrogen-bond acceptors (Lipinski definition) is 3. The number of carbonyl (C=O) groups is 2. The van der Waals surface area contributed by atoms with Crippen molar-refractivity contribution in [3.63, 3.8) is 0 Å². The van der Waals surface area contributed by atoms with E-state index in [-0.39, 0.29) is 25.4 Å². The Bertz CT molecular complexity index is 420. The lowest BCUT2D eigenvalue weighted by molar-refractivity contribution is -0.135. The van der Waals surface area contributed by atoms with Gasteiger partial charge in [0.15, 0.2) is 0 Å². The highest BCUT2D eigenvalue weighted by atomic mass is 79.9. The molecule has 0 heterocycles. The zero-order chi connectivity index (χ0) is 13.5. The molecule has 1 rings (SSSR count). The van der Waals surface area contributed by atoms with Gasteiger partial charge >= 0.3 is 0 Å². The number of benzene rings is 1. The second-order valence-corrected chi connectivity index (χ2v) is 4.80. The summed E-state index contributed by atoms with van der Waals surface area (Å²) in [6, 6.07) is 7.53. The van der Waals surface area contributed by atoms with Crippen LogP contribution in [0.4, 0.5) is 0 Å². The second-order valence-electron chi connectivity index (χ2n) is 3.88. The molecule has 0 unspecified atom stereocenters. The van der Waals surface area contributed by atoms with Gasteiger partial charge in [0.05, 0.1) is 6.54 Å². The predicted octanol–water partition coefficient (Wildman–Crippen LogP) is 0.612. The summed E-state index contributed by atoms with van der Waals surface area (Å²) in [5, 5.41) is 0. The fraction of sp³-hybridized carbons (Fsp3) is 0.333. The molecule has 1 aromatic rings. The van der Waals surface area contributed by atoms with Gasteiger partial charge < -0.3 is 16.4 Å². The predicted molar refractivity (Wildman–Crippen MR) is 72.4 cm³/mol. The average Bonchev–Trinajstić information content (AvgIpc) is 2.31. The Hall–Kier alpha value is -1.40. The maximum atomic E-state index is 11.8. The van der Waals surface area contributed by atoms with Gasteiger partial charge in [-0.25, -0.2) is 0 Å². The Labute approximate surface area is 114 Å². The van der Waals surface area contributed by atoms with Gasteiger partial charge in [-0.1, -0.05) is 28.1 Å². The molecule has 5 nitrogen and oxygen atoms in total. The lowest BCUT2D eigenvalue weighted by Gasteiger charge is -2.21. The lowest BCUT2D eigenvalue weighted by atomic mass is 10.2. The molecule has 0 saturated heterocycles. The highest BCUT2D eigenvalue weighted by molar-refractivity contribution is 9.10. The van der Waals surface area contributed by atoms with E-state index in [1.54, 1.807) is 0 Å². The Morgan fingerprint density at radius 3 is 2.33 bits per heavy atom. The van der Waals surface area contributed by atoms with Crippen LogP contribution in [0.15, 0.2) is 28.7 Å². The number of nitrogens with two attached hydrogens (primary N) is 2. The van der Waals surface area contributed by atoms with Crippen molar-refractivity contribution in [2.75, 3.05) is 13.1 Å². The molecule has 4 N–H and O–H groups in total. The smallest absolute Gasteiger partial charge is 0.237 e. The van der Waals surface area contributed by atoms with Crippen molar-refractivity contribution in [1.82, 2.24) is 4.90 Å². The van der Waals surface area contributed by atoms with Gasteiger partial charge in [0.2, 0.25) is 11.8 Å². The largest absolute Gasteiger partial charge is 0.368 e. The highest BCUT2D eigenvalue weighted by Crippen LogP contribution is 2.12. The van der Waals surface area contributed by atoms with Crippen molar-refractivity contribution in [2.45, 2.75) is 13.0 Å². The van der Waals surface area contributed by atoms with Gasteiger partial charge in [-0.15, -0.1) is 0 Å². The summed E-state index contributed by atoms with van der Waals surface area (Å²) in [6.07, 6.45) is 0.212. The SMILES string of the molecule is NCCC(=O)N(CC(N)=O)Cc1ccc(Br)cc1. The number of hydrogen-bond donors (Lipinski definition) is 2. The van der Waals surface area contributed by atoms with Crippen LogP contribution in [0.25, 0.3) is 0 Å². The molecule has 0 radical (unpaired) electrons. The zero-order valence-corrected chi connectivity index (χ0v) is 11.5. The molecule has 6 heteroatoms. The number of primary amides is 1. The molecule has 0 spiro atoms. The molecular formula is C12H16BrN3O2. The minimum atomic E-state index is -0.530. The van der Waals surface area contributed by atoms with Crippen LogP contribution in [-0.2, 0) is 16.1 Å². The van der Waals surface area contributed by atoms with Crippen molar-refractivity contribution >= 4 is 27.7 Å². The molecule has 0 aromatic heterocycles. The molecule has 0 fully saturated rings. The Morgan fingerprint density at radius 1 is 1.22 bits per heavy atom. The minimum absolute atomic E-state index is 0.0884. The fourth-order valence-corrected chi connectivity index (χ4v) is 1.78. The van der Waals surface area contributed by atoms with E-state index < -0.39 is 5.91 Å². The molecular weight excluding hydrogens is 298 g/mol. The summed E-state index contributed by atoms with van der Waals surface area (Å²) >= 11 is 3.33. The van der Waals surface area contributed by atoms with E-state index in [0.717, 1.165) is 10.0 Å². The molecule has 18 heavy (non-hydrogen) atoms. The van der Waals surface area contributed by atoms with Crippen molar-refractivity contribution in [3.05, 3.63) is 34.3 Å². The Kier molecular flexibility index (Phi) is 5.80. The minimum Gasteiger partial charge on any atom is -0.368 e. The van der Waals surface area contributed by atoms with Crippen LogP contribution in [0.5, 0.6) is 0 Å². The van der Waals surface area contributed by atoms with E-state index in [1.807, 2.05) is 24.3 Å². The fourth-order valence-electron chi connectivity index (χ4n) is 1.51. The Morgan fingerprint density at radius 2 is 1.83 bits per heavy atom. The monoisotopic (exact) mass is 313 g/mol. The number of nitrogens with zero attached hydrogens (tertiary/aromatic N) is 1. The van der Waals surface area contributed by atoms with Gasteiger partial charge in [-0.3, -0.25) is 9.59 Å². The summed E-state index contributed by atoms with van der Waals surface area (Å²) in [6.45, 7) is 0.526. The second kappa shape index (κ2) is 7.13. The third-order valence-electron chi connectivity index (χ3n) is 2.34. The van der Waals surface area contributed by atoms with Crippen LogP contribution in [0.3, 0.4) is 0 Å². The number of rotatable bonds is 6. The molecule has 0 bridgehead atoms. The molecule has 0 saturated carbocycles. The summed E-state index contributed by atoms with van der Waals surface area (Å²) in [5.74, 6) is -0.697. The van der Waals surface area contributed by atoms with Crippen LogP contribution >= 0.6 is 15.9 Å². The summed E-state index contributed by atoms with van der Waals surface area (Å²) < 4.78 is 0.959. The lowest BCUT2D eigenvalue weighted by Crippen LogP contribution is -2.38. The first-order valence-corrected chi connectivity index (χ1v) is 6.33. The van der Waals surface area contributed by atoms with Crippen LogP contribution in [0, 0.1) is 0 Å². The molecule has 2 amide bonds. The normalized spacial score (nSPS) is 10.1. The summed E-state index contributed by atoms with van der Waals surface area (Å²) in [5.41, 5.74) is 11.4. The van der Waals surface area contributed by atoms with Gasteiger partial charge in [-0.2, -0.15) is 0 Å². The van der Waals surface area contributed by atoms with E-state index >= 15 is 0 Å². The Balaban J connectivity index is 2.74.